The van der Waals surface area contributed by atoms with Gasteiger partial charge in [-0.2, -0.15) is 0 Å². The average Bonchev–Trinajstić information content (AvgIpc) is 2.63. The van der Waals surface area contributed by atoms with E-state index in [0.717, 1.165) is 12.8 Å². The van der Waals surface area contributed by atoms with Gasteiger partial charge in [0.05, 0.1) is 5.75 Å². The summed E-state index contributed by atoms with van der Waals surface area (Å²) < 4.78 is 27.2. The van der Waals surface area contributed by atoms with Gasteiger partial charge in [0.25, 0.3) is 0 Å². The first-order valence-corrected chi connectivity index (χ1v) is 8.37. The summed E-state index contributed by atoms with van der Waals surface area (Å²) in [6.07, 6.45) is 2.01. The Morgan fingerprint density at radius 3 is 2.53 bits per heavy atom. The van der Waals surface area contributed by atoms with Gasteiger partial charge in [0.1, 0.15) is 0 Å². The maximum Gasteiger partial charge on any atom is 0.216 e. The molecule has 3 N–H and O–H groups in total. The largest absolute Gasteiger partial charge is 0.398 e. The van der Waals surface area contributed by atoms with Crippen LogP contribution < -0.4 is 10.5 Å². The van der Waals surface area contributed by atoms with Crippen LogP contribution in [-0.4, -0.2) is 14.5 Å². The fourth-order valence-electron chi connectivity index (χ4n) is 2.67. The Balaban J connectivity index is 2.06. The van der Waals surface area contributed by atoms with Crippen molar-refractivity contribution >= 4 is 15.7 Å². The minimum Gasteiger partial charge on any atom is -0.398 e. The Morgan fingerprint density at radius 1 is 1.26 bits per heavy atom. The third kappa shape index (κ3) is 3.48. The van der Waals surface area contributed by atoms with E-state index in [-0.39, 0.29) is 11.8 Å². The lowest BCUT2D eigenvalue weighted by atomic mass is 9.98. The number of hydrogen-bond acceptors (Lipinski definition) is 3. The minimum atomic E-state index is -3.33. The van der Waals surface area contributed by atoms with Crippen molar-refractivity contribution < 1.29 is 8.42 Å². The van der Waals surface area contributed by atoms with Gasteiger partial charge in [-0.3, -0.25) is 0 Å². The summed E-state index contributed by atoms with van der Waals surface area (Å²) in [5, 5.41) is 0. The molecule has 0 heterocycles. The van der Waals surface area contributed by atoms with Gasteiger partial charge in [0.15, 0.2) is 0 Å². The first-order chi connectivity index (χ1) is 8.89. The first-order valence-electron chi connectivity index (χ1n) is 6.72. The van der Waals surface area contributed by atoms with Gasteiger partial charge in [0.2, 0.25) is 10.0 Å². The van der Waals surface area contributed by atoms with Gasteiger partial charge in [0, 0.05) is 11.7 Å². The van der Waals surface area contributed by atoms with E-state index in [1.54, 1.807) is 18.2 Å². The summed E-state index contributed by atoms with van der Waals surface area (Å²) in [5.41, 5.74) is 6.98. The normalized spacial score (nSPS) is 27.6. The molecule has 0 aromatic heterocycles. The lowest BCUT2D eigenvalue weighted by Crippen LogP contribution is -2.38. The molecule has 5 heteroatoms. The summed E-state index contributed by atoms with van der Waals surface area (Å²) in [7, 11) is -3.33. The lowest BCUT2D eigenvalue weighted by Gasteiger charge is -2.19. The minimum absolute atomic E-state index is 0.0444. The van der Waals surface area contributed by atoms with Crippen LogP contribution in [0, 0.1) is 11.8 Å². The van der Waals surface area contributed by atoms with Gasteiger partial charge in [-0.05, 0) is 36.3 Å². The van der Waals surface area contributed by atoms with Crippen LogP contribution >= 0.6 is 0 Å². The molecule has 0 aliphatic heterocycles. The van der Waals surface area contributed by atoms with Crippen LogP contribution in [0.5, 0.6) is 0 Å². The Labute approximate surface area is 115 Å². The van der Waals surface area contributed by atoms with E-state index in [9.17, 15) is 8.42 Å². The number of anilines is 1. The van der Waals surface area contributed by atoms with Crippen LogP contribution in [-0.2, 0) is 15.8 Å². The number of nitrogen functional groups attached to an aromatic ring is 1. The van der Waals surface area contributed by atoms with Crippen molar-refractivity contribution in [1.82, 2.24) is 4.72 Å². The van der Waals surface area contributed by atoms with Crippen molar-refractivity contribution in [1.29, 1.82) is 0 Å². The number of sulfonamides is 1. The van der Waals surface area contributed by atoms with E-state index in [4.69, 9.17) is 5.73 Å². The van der Waals surface area contributed by atoms with Crippen LogP contribution in [0.15, 0.2) is 24.3 Å². The monoisotopic (exact) mass is 282 g/mol. The molecule has 1 aromatic carbocycles. The van der Waals surface area contributed by atoms with Crippen molar-refractivity contribution in [3.05, 3.63) is 29.8 Å². The molecule has 0 amide bonds. The Morgan fingerprint density at radius 2 is 1.95 bits per heavy atom. The molecule has 3 unspecified atom stereocenters. The Kier molecular flexibility index (Phi) is 4.16. The van der Waals surface area contributed by atoms with Crippen LogP contribution in [0.3, 0.4) is 0 Å². The molecule has 1 saturated carbocycles. The van der Waals surface area contributed by atoms with E-state index < -0.39 is 10.0 Å². The molecule has 2 rings (SSSR count). The summed E-state index contributed by atoms with van der Waals surface area (Å²) in [4.78, 5) is 0. The second-order valence-corrected chi connectivity index (χ2v) is 7.35. The number of nitrogens with one attached hydrogen (secondary N) is 1. The molecule has 1 fully saturated rings. The molecule has 3 atom stereocenters. The van der Waals surface area contributed by atoms with Gasteiger partial charge in [-0.15, -0.1) is 0 Å². The number of hydrogen-bond donors (Lipinski definition) is 2. The lowest BCUT2D eigenvalue weighted by molar-refractivity contribution is 0.402. The van der Waals surface area contributed by atoms with Gasteiger partial charge in [-0.1, -0.05) is 32.0 Å². The summed E-state index contributed by atoms with van der Waals surface area (Å²) in [6.45, 7) is 4.29. The summed E-state index contributed by atoms with van der Waals surface area (Å²) in [6, 6.07) is 7.16. The fraction of sp³-hybridized carbons (Fsp3) is 0.571. The van der Waals surface area contributed by atoms with Crippen molar-refractivity contribution in [2.45, 2.75) is 38.5 Å². The highest BCUT2D eigenvalue weighted by molar-refractivity contribution is 7.88. The number of para-hydroxylation sites is 1. The van der Waals surface area contributed by atoms with E-state index >= 15 is 0 Å². The highest BCUT2D eigenvalue weighted by Crippen LogP contribution is 2.31. The molecular weight excluding hydrogens is 260 g/mol. The van der Waals surface area contributed by atoms with E-state index in [1.807, 2.05) is 6.07 Å². The van der Waals surface area contributed by atoms with E-state index in [0.29, 0.717) is 23.1 Å². The van der Waals surface area contributed by atoms with Gasteiger partial charge >= 0.3 is 0 Å². The molecular formula is C14H22N2O2S. The molecule has 1 aliphatic carbocycles. The number of benzene rings is 1. The number of nitrogens with two attached hydrogens (primary N) is 1. The first kappa shape index (κ1) is 14.3. The quantitative estimate of drug-likeness (QED) is 0.831. The van der Waals surface area contributed by atoms with Crippen LogP contribution in [0.1, 0.15) is 32.3 Å². The number of rotatable bonds is 4. The van der Waals surface area contributed by atoms with Crippen molar-refractivity contribution in [2.24, 2.45) is 11.8 Å². The Bertz CT molecular complexity index is 542. The summed E-state index contributed by atoms with van der Waals surface area (Å²) >= 11 is 0. The zero-order valence-corrected chi connectivity index (χ0v) is 12.3. The molecule has 4 nitrogen and oxygen atoms in total. The van der Waals surface area contributed by atoms with E-state index in [2.05, 4.69) is 18.6 Å². The maximum absolute atomic E-state index is 12.2. The van der Waals surface area contributed by atoms with Gasteiger partial charge < -0.3 is 5.73 Å². The standard InChI is InChI=1S/C14H22N2O2S/c1-10-7-8-14(11(10)2)16-19(17,18)9-12-5-3-4-6-13(12)15/h3-6,10-11,14,16H,7-9,15H2,1-2H3. The molecule has 1 aromatic rings. The maximum atomic E-state index is 12.2. The molecule has 19 heavy (non-hydrogen) atoms. The third-order valence-corrected chi connectivity index (χ3v) is 5.55. The highest BCUT2D eigenvalue weighted by Gasteiger charge is 2.32. The molecule has 0 radical (unpaired) electrons. The van der Waals surface area contributed by atoms with E-state index in [1.165, 1.54) is 0 Å². The Hall–Kier alpha value is -1.07. The smallest absolute Gasteiger partial charge is 0.216 e. The SMILES string of the molecule is CC1CCC(NS(=O)(=O)Cc2ccccc2N)C1C. The van der Waals surface area contributed by atoms with Crippen molar-refractivity contribution in [2.75, 3.05) is 5.73 Å². The summed E-state index contributed by atoms with van der Waals surface area (Å²) in [5.74, 6) is 0.925. The molecule has 0 bridgehead atoms. The van der Waals surface area contributed by atoms with Crippen LogP contribution in [0.4, 0.5) is 5.69 Å². The highest BCUT2D eigenvalue weighted by atomic mass is 32.2. The molecule has 0 saturated heterocycles. The topological polar surface area (TPSA) is 72.2 Å². The van der Waals surface area contributed by atoms with Crippen molar-refractivity contribution in [3.8, 4) is 0 Å². The zero-order chi connectivity index (χ0) is 14.0. The predicted octanol–water partition coefficient (Wildman–Crippen LogP) is 2.12. The van der Waals surface area contributed by atoms with Crippen LogP contribution in [0.2, 0.25) is 0 Å². The van der Waals surface area contributed by atoms with Gasteiger partial charge in [-0.25, -0.2) is 13.1 Å². The third-order valence-electron chi connectivity index (χ3n) is 4.20. The molecule has 0 spiro atoms. The second-order valence-electron chi connectivity index (χ2n) is 5.60. The fourth-order valence-corrected chi connectivity index (χ4v) is 4.22. The predicted molar refractivity (Wildman–Crippen MR) is 78.0 cm³/mol. The van der Waals surface area contributed by atoms with Crippen LogP contribution in [0.25, 0.3) is 0 Å². The zero-order valence-electron chi connectivity index (χ0n) is 11.5. The molecule has 1 aliphatic rings. The molecule has 106 valence electrons. The van der Waals surface area contributed by atoms with Crippen molar-refractivity contribution in [3.63, 3.8) is 0 Å². The second kappa shape index (κ2) is 5.51. The average molecular weight is 282 g/mol.